The SMILES string of the molecule is CCCCCCC/C=C\C/C=C\C/C=C\CCCCCCCCCCCOCC(COP(=O)(O)OCCN)OC(=O)CCCCCCCCCCCCCCCC. The van der Waals surface area contributed by atoms with Crippen LogP contribution < -0.4 is 5.73 Å². The first-order chi connectivity index (χ1) is 27.9. The second-order valence-corrected chi connectivity index (χ2v) is 17.4. The largest absolute Gasteiger partial charge is 0.472 e. The molecule has 0 aromatic rings. The first kappa shape index (κ1) is 55.7. The Morgan fingerprint density at radius 2 is 0.930 bits per heavy atom. The van der Waals surface area contributed by atoms with E-state index in [0.29, 0.717) is 13.0 Å². The molecule has 0 aromatic carbocycles. The fourth-order valence-electron chi connectivity index (χ4n) is 6.77. The Balaban J connectivity index is 3.94. The number of hydrogen-bond acceptors (Lipinski definition) is 7. The van der Waals surface area contributed by atoms with E-state index in [1.54, 1.807) is 0 Å². The van der Waals surface area contributed by atoms with Crippen molar-refractivity contribution in [3.63, 3.8) is 0 Å². The fourth-order valence-corrected chi connectivity index (χ4v) is 7.53. The Hall–Kier alpha value is -1.28. The number of hydrogen-bond donors (Lipinski definition) is 2. The number of nitrogens with two attached hydrogens (primary N) is 1. The number of unbranched alkanes of at least 4 members (excludes halogenated alkanes) is 27. The monoisotopic (exact) mass is 826 g/mol. The van der Waals surface area contributed by atoms with Gasteiger partial charge in [0, 0.05) is 19.6 Å². The third kappa shape index (κ3) is 45.7. The third-order valence-electron chi connectivity index (χ3n) is 10.3. The zero-order chi connectivity index (χ0) is 41.6. The van der Waals surface area contributed by atoms with Crippen molar-refractivity contribution in [3.8, 4) is 0 Å². The molecule has 0 aliphatic rings. The summed E-state index contributed by atoms with van der Waals surface area (Å²) in [5.74, 6) is -0.330. The van der Waals surface area contributed by atoms with Crippen LogP contribution in [0.5, 0.6) is 0 Å². The molecule has 57 heavy (non-hydrogen) atoms. The molecule has 0 heterocycles. The highest BCUT2D eigenvalue weighted by Crippen LogP contribution is 2.43. The smallest absolute Gasteiger partial charge is 0.457 e. The zero-order valence-electron chi connectivity index (χ0n) is 37.3. The maximum Gasteiger partial charge on any atom is 0.472 e. The van der Waals surface area contributed by atoms with Crippen LogP contribution in [0.1, 0.15) is 226 Å². The molecule has 3 N–H and O–H groups in total. The molecule has 0 radical (unpaired) electrons. The molecule has 336 valence electrons. The van der Waals surface area contributed by atoms with Crippen molar-refractivity contribution < 1.29 is 32.8 Å². The molecule has 0 rings (SSSR count). The average Bonchev–Trinajstić information content (AvgIpc) is 3.20. The van der Waals surface area contributed by atoms with E-state index in [9.17, 15) is 14.3 Å². The Bertz CT molecular complexity index is 972. The molecule has 9 heteroatoms. The van der Waals surface area contributed by atoms with Crippen molar-refractivity contribution in [2.24, 2.45) is 5.73 Å². The van der Waals surface area contributed by atoms with E-state index in [-0.39, 0.29) is 32.3 Å². The van der Waals surface area contributed by atoms with Gasteiger partial charge >= 0.3 is 13.8 Å². The highest BCUT2D eigenvalue weighted by molar-refractivity contribution is 7.47. The molecule has 2 atom stereocenters. The summed E-state index contributed by atoms with van der Waals surface area (Å²) < 4.78 is 33.5. The lowest BCUT2D eigenvalue weighted by Gasteiger charge is -2.20. The lowest BCUT2D eigenvalue weighted by Crippen LogP contribution is -2.28. The van der Waals surface area contributed by atoms with E-state index in [2.05, 4.69) is 50.3 Å². The van der Waals surface area contributed by atoms with E-state index in [0.717, 1.165) is 44.9 Å². The molecular weight excluding hydrogens is 734 g/mol. The zero-order valence-corrected chi connectivity index (χ0v) is 38.2. The molecule has 0 saturated heterocycles. The Labute approximate surface area is 352 Å². The van der Waals surface area contributed by atoms with Crippen molar-refractivity contribution >= 4 is 13.8 Å². The summed E-state index contributed by atoms with van der Waals surface area (Å²) in [6.45, 7) is 4.93. The maximum absolute atomic E-state index is 12.6. The van der Waals surface area contributed by atoms with Gasteiger partial charge < -0.3 is 20.1 Å². The van der Waals surface area contributed by atoms with Gasteiger partial charge in [-0.15, -0.1) is 0 Å². The minimum Gasteiger partial charge on any atom is -0.457 e. The predicted octanol–water partition coefficient (Wildman–Crippen LogP) is 14.6. The summed E-state index contributed by atoms with van der Waals surface area (Å²) in [6, 6.07) is 0. The number of rotatable bonds is 46. The number of ether oxygens (including phenoxy) is 2. The van der Waals surface area contributed by atoms with E-state index < -0.39 is 13.9 Å². The van der Waals surface area contributed by atoms with E-state index in [1.165, 1.54) is 161 Å². The Kier molecular flexibility index (Phi) is 44.8. The van der Waals surface area contributed by atoms with Crippen molar-refractivity contribution in [2.45, 2.75) is 232 Å². The molecule has 8 nitrogen and oxygen atoms in total. The Morgan fingerprint density at radius 3 is 1.39 bits per heavy atom. The molecule has 0 bridgehead atoms. The van der Waals surface area contributed by atoms with Crippen LogP contribution in [0.25, 0.3) is 0 Å². The molecule has 0 spiro atoms. The first-order valence-electron chi connectivity index (χ1n) is 24.0. The van der Waals surface area contributed by atoms with Crippen LogP contribution in [-0.2, 0) is 27.9 Å². The average molecular weight is 826 g/mol. The van der Waals surface area contributed by atoms with Crippen LogP contribution in [0.4, 0.5) is 0 Å². The van der Waals surface area contributed by atoms with Crippen LogP contribution in [0, 0.1) is 0 Å². The summed E-state index contributed by atoms with van der Waals surface area (Å²) in [6.07, 6.45) is 53.1. The van der Waals surface area contributed by atoms with Gasteiger partial charge in [0.25, 0.3) is 0 Å². The highest BCUT2D eigenvalue weighted by atomic mass is 31.2. The van der Waals surface area contributed by atoms with Crippen molar-refractivity contribution in [2.75, 3.05) is 33.0 Å². The topological polar surface area (TPSA) is 117 Å². The lowest BCUT2D eigenvalue weighted by molar-refractivity contribution is -0.154. The van der Waals surface area contributed by atoms with Crippen LogP contribution in [0.2, 0.25) is 0 Å². The summed E-state index contributed by atoms with van der Waals surface area (Å²) in [5, 5.41) is 0. The van der Waals surface area contributed by atoms with E-state index >= 15 is 0 Å². The van der Waals surface area contributed by atoms with Gasteiger partial charge in [0.05, 0.1) is 19.8 Å². The second kappa shape index (κ2) is 45.8. The first-order valence-corrected chi connectivity index (χ1v) is 25.5. The third-order valence-corrected chi connectivity index (χ3v) is 11.3. The minimum atomic E-state index is -4.28. The van der Waals surface area contributed by atoms with Gasteiger partial charge in [0.1, 0.15) is 6.10 Å². The summed E-state index contributed by atoms with van der Waals surface area (Å²) in [7, 11) is -4.28. The Morgan fingerprint density at radius 1 is 0.526 bits per heavy atom. The molecule has 2 unspecified atom stereocenters. The number of phosphoric acid groups is 1. The molecular formula is C48H92NO7P. The van der Waals surface area contributed by atoms with Crippen molar-refractivity contribution in [1.29, 1.82) is 0 Å². The van der Waals surface area contributed by atoms with Crippen molar-refractivity contribution in [3.05, 3.63) is 36.5 Å². The molecule has 0 aliphatic carbocycles. The number of carbonyl (C=O) groups excluding carboxylic acids is 1. The van der Waals surface area contributed by atoms with Crippen LogP contribution in [0.15, 0.2) is 36.5 Å². The van der Waals surface area contributed by atoms with Crippen LogP contribution in [-0.4, -0.2) is 49.9 Å². The minimum absolute atomic E-state index is 0.0955. The van der Waals surface area contributed by atoms with Gasteiger partial charge in [-0.2, -0.15) is 0 Å². The van der Waals surface area contributed by atoms with Gasteiger partial charge in [-0.25, -0.2) is 4.57 Å². The number of esters is 1. The van der Waals surface area contributed by atoms with Crippen LogP contribution >= 0.6 is 7.82 Å². The van der Waals surface area contributed by atoms with E-state index in [4.69, 9.17) is 24.3 Å². The number of allylic oxidation sites excluding steroid dienone is 6. The second-order valence-electron chi connectivity index (χ2n) is 16.0. The molecule has 0 aliphatic heterocycles. The molecule has 0 saturated carbocycles. The van der Waals surface area contributed by atoms with Crippen LogP contribution in [0.3, 0.4) is 0 Å². The molecule has 0 amide bonds. The van der Waals surface area contributed by atoms with Gasteiger partial charge in [-0.1, -0.05) is 204 Å². The van der Waals surface area contributed by atoms with Gasteiger partial charge in [0.15, 0.2) is 0 Å². The maximum atomic E-state index is 12.6. The molecule has 0 aromatic heterocycles. The standard InChI is InChI=1S/C48H92NO7P/c1-3-5-7-9-11-13-15-17-19-20-21-22-23-24-25-26-27-28-30-32-34-36-38-40-43-53-45-47(46-55-57(51,52)54-44-42-49)56-48(50)41-39-37-35-33-31-29-18-16-14-12-10-8-6-4-2/h15,17,20-21,23-24,47H,3-14,16,18-19,22,25-46,49H2,1-2H3,(H,51,52)/b17-15-,21-20-,24-23-. The number of phosphoric ester groups is 1. The summed E-state index contributed by atoms with van der Waals surface area (Å²) >= 11 is 0. The van der Waals surface area contributed by atoms with Gasteiger partial charge in [-0.3, -0.25) is 13.8 Å². The highest BCUT2D eigenvalue weighted by Gasteiger charge is 2.25. The van der Waals surface area contributed by atoms with Gasteiger partial charge in [0.2, 0.25) is 0 Å². The quantitative estimate of drug-likeness (QED) is 0.0270. The molecule has 0 fully saturated rings. The van der Waals surface area contributed by atoms with Crippen molar-refractivity contribution in [1.82, 2.24) is 0 Å². The normalized spacial score (nSPS) is 13.7. The fraction of sp³-hybridized carbons (Fsp3) is 0.854. The lowest BCUT2D eigenvalue weighted by atomic mass is 10.0. The summed E-state index contributed by atoms with van der Waals surface area (Å²) in [4.78, 5) is 22.5. The predicted molar refractivity (Wildman–Crippen MR) is 243 cm³/mol. The van der Waals surface area contributed by atoms with E-state index in [1.807, 2.05) is 0 Å². The van der Waals surface area contributed by atoms with Gasteiger partial charge in [-0.05, 0) is 51.4 Å². The summed E-state index contributed by atoms with van der Waals surface area (Å²) in [5.41, 5.74) is 5.38. The number of carbonyl (C=O) groups is 1.